The van der Waals surface area contributed by atoms with E-state index in [-0.39, 0.29) is 0 Å². The molecular formula is C49H30N4O. The van der Waals surface area contributed by atoms with Crippen molar-refractivity contribution in [2.45, 2.75) is 0 Å². The van der Waals surface area contributed by atoms with Gasteiger partial charge in [-0.3, -0.25) is 0 Å². The summed E-state index contributed by atoms with van der Waals surface area (Å²) in [6.45, 7) is 0. The number of nitrogens with zero attached hydrogens (tertiary/aromatic N) is 4. The summed E-state index contributed by atoms with van der Waals surface area (Å²) in [5, 5.41) is 6.81. The Morgan fingerprint density at radius 3 is 1.67 bits per heavy atom. The standard InChI is InChI=1S/C49H30N4O/c1-4-14-31(15-5-1)35-25-27-41-40(28-35)38-26-24-32-16-10-11-21-37(32)46(38)53(41)42-29-36(30-44-45(42)39-22-12-13-23-43(39)54-44)49-51-47(33-17-6-2-7-18-33)50-48(52-49)34-19-8-3-9-20-34/h1-30H. The number of para-hydroxylation sites is 1. The van der Waals surface area contributed by atoms with E-state index < -0.39 is 0 Å². The summed E-state index contributed by atoms with van der Waals surface area (Å²) in [6, 6.07) is 63.3. The maximum Gasteiger partial charge on any atom is 0.164 e. The van der Waals surface area contributed by atoms with Gasteiger partial charge < -0.3 is 8.98 Å². The van der Waals surface area contributed by atoms with Crippen LogP contribution in [-0.2, 0) is 0 Å². The van der Waals surface area contributed by atoms with Gasteiger partial charge in [-0.2, -0.15) is 0 Å². The molecule has 0 aliphatic heterocycles. The molecule has 54 heavy (non-hydrogen) atoms. The fraction of sp³-hybridized carbons (Fsp3) is 0. The average Bonchev–Trinajstić information content (AvgIpc) is 3.80. The lowest BCUT2D eigenvalue weighted by Crippen LogP contribution is -2.01. The largest absolute Gasteiger partial charge is 0.456 e. The fourth-order valence-electron chi connectivity index (χ4n) is 7.92. The molecule has 0 N–H and O–H groups in total. The van der Waals surface area contributed by atoms with Gasteiger partial charge in [-0.15, -0.1) is 0 Å². The molecule has 8 aromatic carbocycles. The Kier molecular flexibility index (Phi) is 6.79. The van der Waals surface area contributed by atoms with Gasteiger partial charge in [0.25, 0.3) is 0 Å². The van der Waals surface area contributed by atoms with Crippen LogP contribution in [0.25, 0.3) is 105 Å². The Balaban J connectivity index is 1.26. The van der Waals surface area contributed by atoms with Crippen molar-refractivity contribution in [1.29, 1.82) is 0 Å². The smallest absolute Gasteiger partial charge is 0.164 e. The van der Waals surface area contributed by atoms with E-state index in [9.17, 15) is 0 Å². The maximum atomic E-state index is 6.69. The molecule has 0 bridgehead atoms. The summed E-state index contributed by atoms with van der Waals surface area (Å²) >= 11 is 0. The van der Waals surface area contributed by atoms with E-state index in [0.29, 0.717) is 17.5 Å². The number of rotatable bonds is 5. The van der Waals surface area contributed by atoms with Crippen LogP contribution in [0.2, 0.25) is 0 Å². The molecule has 0 fully saturated rings. The Morgan fingerprint density at radius 2 is 0.963 bits per heavy atom. The van der Waals surface area contributed by atoms with Crippen LogP contribution in [0.15, 0.2) is 186 Å². The van der Waals surface area contributed by atoms with Gasteiger partial charge >= 0.3 is 0 Å². The Hall–Kier alpha value is -7.37. The van der Waals surface area contributed by atoms with E-state index in [0.717, 1.165) is 55.3 Å². The number of hydrogen-bond donors (Lipinski definition) is 0. The lowest BCUT2D eigenvalue weighted by atomic mass is 10.0. The highest BCUT2D eigenvalue weighted by atomic mass is 16.3. The molecule has 0 radical (unpaired) electrons. The number of furan rings is 1. The minimum absolute atomic E-state index is 0.573. The topological polar surface area (TPSA) is 56.7 Å². The zero-order valence-electron chi connectivity index (χ0n) is 29.0. The van der Waals surface area contributed by atoms with Gasteiger partial charge in [-0.05, 0) is 46.8 Å². The lowest BCUT2D eigenvalue weighted by Gasteiger charge is -2.14. The van der Waals surface area contributed by atoms with Crippen LogP contribution in [0.1, 0.15) is 0 Å². The fourth-order valence-corrected chi connectivity index (χ4v) is 7.92. The maximum absolute atomic E-state index is 6.69. The third kappa shape index (κ3) is 4.83. The van der Waals surface area contributed by atoms with Crippen LogP contribution >= 0.6 is 0 Å². The Morgan fingerprint density at radius 1 is 0.370 bits per heavy atom. The monoisotopic (exact) mass is 690 g/mol. The summed E-state index contributed by atoms with van der Waals surface area (Å²) in [4.78, 5) is 15.2. The van der Waals surface area contributed by atoms with Crippen molar-refractivity contribution in [3.05, 3.63) is 182 Å². The first-order valence-corrected chi connectivity index (χ1v) is 18.1. The molecule has 0 unspecified atom stereocenters. The molecule has 11 aromatic rings. The zero-order valence-corrected chi connectivity index (χ0v) is 29.0. The summed E-state index contributed by atoms with van der Waals surface area (Å²) in [7, 11) is 0. The average molecular weight is 691 g/mol. The molecule has 0 saturated carbocycles. The number of aromatic nitrogens is 4. The van der Waals surface area contributed by atoms with Crippen LogP contribution in [0.4, 0.5) is 0 Å². The van der Waals surface area contributed by atoms with E-state index in [1.807, 2.05) is 72.8 Å². The van der Waals surface area contributed by atoms with Gasteiger partial charge in [0.15, 0.2) is 17.5 Å². The first kappa shape index (κ1) is 30.3. The van der Waals surface area contributed by atoms with Gasteiger partial charge in [0.2, 0.25) is 0 Å². The molecule has 11 rings (SSSR count). The van der Waals surface area contributed by atoms with Crippen molar-refractivity contribution in [2.75, 3.05) is 0 Å². The first-order valence-electron chi connectivity index (χ1n) is 18.1. The highest BCUT2D eigenvalue weighted by molar-refractivity contribution is 6.21. The van der Waals surface area contributed by atoms with Crippen molar-refractivity contribution in [2.24, 2.45) is 0 Å². The number of benzene rings is 8. The van der Waals surface area contributed by atoms with Crippen molar-refractivity contribution in [1.82, 2.24) is 19.5 Å². The van der Waals surface area contributed by atoms with Gasteiger partial charge in [-0.1, -0.05) is 152 Å². The van der Waals surface area contributed by atoms with Crippen molar-refractivity contribution in [3.63, 3.8) is 0 Å². The second-order valence-electron chi connectivity index (χ2n) is 13.6. The van der Waals surface area contributed by atoms with Gasteiger partial charge in [0.05, 0.1) is 22.1 Å². The van der Waals surface area contributed by atoms with Gasteiger partial charge in [0.1, 0.15) is 11.2 Å². The molecule has 5 nitrogen and oxygen atoms in total. The number of hydrogen-bond acceptors (Lipinski definition) is 4. The van der Waals surface area contributed by atoms with Crippen molar-refractivity contribution in [3.8, 4) is 51.0 Å². The lowest BCUT2D eigenvalue weighted by molar-refractivity contribution is 0.669. The molecule has 3 aromatic heterocycles. The second-order valence-corrected chi connectivity index (χ2v) is 13.6. The normalized spacial score (nSPS) is 11.7. The van der Waals surface area contributed by atoms with Gasteiger partial charge in [0, 0.05) is 38.2 Å². The minimum atomic E-state index is 0.573. The third-order valence-corrected chi connectivity index (χ3v) is 10.4. The SMILES string of the molecule is c1ccc(-c2ccc3c(c2)c2ccc4ccccc4c2n3-c2cc(-c3nc(-c4ccccc4)nc(-c4ccccc4)n3)cc3oc4ccccc4c23)cc1. The predicted octanol–water partition coefficient (Wildman–Crippen LogP) is 12.7. The molecular weight excluding hydrogens is 661 g/mol. The highest BCUT2D eigenvalue weighted by Gasteiger charge is 2.23. The highest BCUT2D eigenvalue weighted by Crippen LogP contribution is 2.43. The van der Waals surface area contributed by atoms with E-state index >= 15 is 0 Å². The third-order valence-electron chi connectivity index (χ3n) is 10.4. The van der Waals surface area contributed by atoms with Crippen LogP contribution in [0, 0.1) is 0 Å². The van der Waals surface area contributed by atoms with Crippen LogP contribution in [-0.4, -0.2) is 19.5 Å². The molecule has 0 saturated heterocycles. The minimum Gasteiger partial charge on any atom is -0.456 e. The van der Waals surface area contributed by atoms with E-state index in [1.54, 1.807) is 0 Å². The predicted molar refractivity (Wildman–Crippen MR) is 221 cm³/mol. The molecule has 3 heterocycles. The number of fused-ring (bicyclic) bond motifs is 8. The molecule has 0 atom stereocenters. The van der Waals surface area contributed by atoms with E-state index in [4.69, 9.17) is 19.4 Å². The van der Waals surface area contributed by atoms with Crippen LogP contribution < -0.4 is 0 Å². The van der Waals surface area contributed by atoms with E-state index in [2.05, 4.69) is 114 Å². The Labute approximate surface area is 310 Å². The quantitative estimate of drug-likeness (QED) is 0.180. The van der Waals surface area contributed by atoms with Crippen LogP contribution in [0.5, 0.6) is 0 Å². The molecule has 0 aliphatic carbocycles. The molecule has 252 valence electrons. The second kappa shape index (κ2) is 12.1. The summed E-state index contributed by atoms with van der Waals surface area (Å²) in [5.74, 6) is 1.80. The zero-order chi connectivity index (χ0) is 35.6. The van der Waals surface area contributed by atoms with E-state index in [1.165, 1.54) is 32.7 Å². The van der Waals surface area contributed by atoms with Crippen LogP contribution in [0.3, 0.4) is 0 Å². The molecule has 5 heteroatoms. The van der Waals surface area contributed by atoms with Gasteiger partial charge in [-0.25, -0.2) is 15.0 Å². The van der Waals surface area contributed by atoms with Crippen molar-refractivity contribution < 1.29 is 4.42 Å². The first-order chi connectivity index (χ1) is 26.8. The Bertz CT molecular complexity index is 3140. The summed E-state index contributed by atoms with van der Waals surface area (Å²) in [5.41, 5.74) is 9.88. The summed E-state index contributed by atoms with van der Waals surface area (Å²) < 4.78 is 9.11. The molecule has 0 spiro atoms. The molecule has 0 aliphatic rings. The van der Waals surface area contributed by atoms with Crippen molar-refractivity contribution >= 4 is 54.5 Å². The molecule has 0 amide bonds. The summed E-state index contributed by atoms with van der Waals surface area (Å²) in [6.07, 6.45) is 0.